The lowest BCUT2D eigenvalue weighted by Crippen LogP contribution is -2.20. The van der Waals surface area contributed by atoms with Gasteiger partial charge in [0.25, 0.3) is 0 Å². The van der Waals surface area contributed by atoms with Gasteiger partial charge >= 0.3 is 12.2 Å². The van der Waals surface area contributed by atoms with E-state index >= 15 is 0 Å². The minimum absolute atomic E-state index is 0.309. The van der Waals surface area contributed by atoms with Crippen molar-refractivity contribution in [2.24, 2.45) is 0 Å². The Balaban J connectivity index is 1.64. The predicted octanol–water partition coefficient (Wildman–Crippen LogP) is 5.45. The van der Waals surface area contributed by atoms with Crippen LogP contribution < -0.4 is 26.8 Å². The van der Waals surface area contributed by atoms with Crippen molar-refractivity contribution in [3.05, 3.63) is 72.0 Å². The van der Waals surface area contributed by atoms with E-state index in [0.29, 0.717) is 46.8 Å². The van der Waals surface area contributed by atoms with Crippen molar-refractivity contribution in [1.29, 1.82) is 0 Å². The average Bonchev–Trinajstić information content (AvgIpc) is 2.67. The third kappa shape index (κ3) is 5.10. The Morgan fingerprint density at radius 3 is 2.13 bits per heavy atom. The van der Waals surface area contributed by atoms with Crippen molar-refractivity contribution in [2.45, 2.75) is 6.18 Å². The zero-order valence-electron chi connectivity index (χ0n) is 15.3. The van der Waals surface area contributed by atoms with E-state index in [4.69, 9.17) is 16.2 Å². The van der Waals surface area contributed by atoms with E-state index in [1.165, 1.54) is 12.1 Å². The van der Waals surface area contributed by atoms with Crippen molar-refractivity contribution in [2.75, 3.05) is 22.1 Å². The quantitative estimate of drug-likeness (QED) is 0.333. The Hall–Kier alpha value is -3.95. The van der Waals surface area contributed by atoms with Gasteiger partial charge in [-0.15, -0.1) is 0 Å². The third-order valence-electron chi connectivity index (χ3n) is 3.95. The molecule has 0 unspecified atom stereocenters. The Morgan fingerprint density at radius 2 is 1.50 bits per heavy atom. The molecule has 156 valence electrons. The van der Waals surface area contributed by atoms with E-state index < -0.39 is 29.3 Å². The van der Waals surface area contributed by atoms with Gasteiger partial charge in [-0.3, -0.25) is 0 Å². The summed E-state index contributed by atoms with van der Waals surface area (Å²) in [5.74, 6) is -0.0982. The van der Waals surface area contributed by atoms with E-state index in [1.54, 1.807) is 30.3 Å². The number of amides is 2. The molecule has 0 aromatic heterocycles. The molecular formula is C20H16F4N4O2. The van der Waals surface area contributed by atoms with Crippen molar-refractivity contribution in [3.8, 4) is 11.5 Å². The lowest BCUT2D eigenvalue weighted by atomic mass is 10.2. The van der Waals surface area contributed by atoms with Gasteiger partial charge in [0.2, 0.25) is 0 Å². The molecule has 30 heavy (non-hydrogen) atoms. The number of halogens is 4. The van der Waals surface area contributed by atoms with Gasteiger partial charge in [-0.25, -0.2) is 9.18 Å². The van der Waals surface area contributed by atoms with E-state index in [1.807, 2.05) is 0 Å². The minimum atomic E-state index is -4.66. The van der Waals surface area contributed by atoms with E-state index in [2.05, 4.69) is 10.6 Å². The monoisotopic (exact) mass is 420 g/mol. The number of nitrogens with one attached hydrogen (secondary N) is 2. The van der Waals surface area contributed by atoms with Crippen LogP contribution >= 0.6 is 0 Å². The Kier molecular flexibility index (Phi) is 5.67. The van der Waals surface area contributed by atoms with Gasteiger partial charge in [0, 0.05) is 11.8 Å². The predicted molar refractivity (Wildman–Crippen MR) is 106 cm³/mol. The van der Waals surface area contributed by atoms with Crippen LogP contribution in [0.25, 0.3) is 0 Å². The van der Waals surface area contributed by atoms with Crippen LogP contribution in [0.5, 0.6) is 11.5 Å². The van der Waals surface area contributed by atoms with Gasteiger partial charge in [0.15, 0.2) is 0 Å². The van der Waals surface area contributed by atoms with Crippen molar-refractivity contribution >= 4 is 28.8 Å². The van der Waals surface area contributed by atoms with Gasteiger partial charge in [0.05, 0.1) is 22.6 Å². The molecule has 3 aromatic carbocycles. The lowest BCUT2D eigenvalue weighted by Gasteiger charge is -2.12. The molecule has 6 N–H and O–H groups in total. The van der Waals surface area contributed by atoms with Crippen LogP contribution in [-0.2, 0) is 6.18 Å². The first kappa shape index (κ1) is 20.8. The van der Waals surface area contributed by atoms with Crippen LogP contribution in [0.1, 0.15) is 5.56 Å². The molecule has 0 spiro atoms. The summed E-state index contributed by atoms with van der Waals surface area (Å²) >= 11 is 0. The van der Waals surface area contributed by atoms with E-state index in [0.717, 1.165) is 0 Å². The summed E-state index contributed by atoms with van der Waals surface area (Å²) in [5, 5.41) is 4.45. The van der Waals surface area contributed by atoms with E-state index in [9.17, 15) is 22.4 Å². The SMILES string of the molecule is Nc1ccc(Oc2ccc(NC(=O)Nc3cc(C(F)(F)F)ccc3F)cc2)cc1N. The summed E-state index contributed by atoms with van der Waals surface area (Å²) in [4.78, 5) is 12.0. The van der Waals surface area contributed by atoms with Crippen molar-refractivity contribution < 1.29 is 27.1 Å². The van der Waals surface area contributed by atoms with Crippen LogP contribution in [0.3, 0.4) is 0 Å². The number of carbonyl (C=O) groups excluding carboxylic acids is 1. The second-order valence-corrected chi connectivity index (χ2v) is 6.19. The maximum atomic E-state index is 13.7. The Morgan fingerprint density at radius 1 is 0.833 bits per heavy atom. The van der Waals surface area contributed by atoms with Gasteiger partial charge < -0.3 is 26.8 Å². The van der Waals surface area contributed by atoms with Gasteiger partial charge in [-0.05, 0) is 54.6 Å². The highest BCUT2D eigenvalue weighted by molar-refractivity contribution is 5.99. The molecule has 0 aliphatic carbocycles. The number of hydrogen-bond acceptors (Lipinski definition) is 4. The summed E-state index contributed by atoms with van der Waals surface area (Å²) in [7, 11) is 0. The molecule has 0 aliphatic rings. The first-order chi connectivity index (χ1) is 14.1. The second kappa shape index (κ2) is 8.19. The molecule has 0 fully saturated rings. The zero-order valence-corrected chi connectivity index (χ0v) is 15.3. The molecule has 3 rings (SSSR count). The zero-order chi connectivity index (χ0) is 21.9. The second-order valence-electron chi connectivity index (χ2n) is 6.19. The molecule has 10 heteroatoms. The maximum Gasteiger partial charge on any atom is 0.416 e. The van der Waals surface area contributed by atoms with Gasteiger partial charge in [0.1, 0.15) is 17.3 Å². The highest BCUT2D eigenvalue weighted by atomic mass is 19.4. The smallest absolute Gasteiger partial charge is 0.416 e. The summed E-state index contributed by atoms with van der Waals surface area (Å²) < 4.78 is 57.6. The topological polar surface area (TPSA) is 102 Å². The normalized spacial score (nSPS) is 11.1. The van der Waals surface area contributed by atoms with Crippen LogP contribution in [-0.4, -0.2) is 6.03 Å². The highest BCUT2D eigenvalue weighted by Gasteiger charge is 2.31. The van der Waals surface area contributed by atoms with Crippen molar-refractivity contribution in [3.63, 3.8) is 0 Å². The first-order valence-electron chi connectivity index (χ1n) is 8.49. The standard InChI is InChI=1S/C20H16F4N4O2/c21-15-7-1-11(20(22,23)24)9-18(15)28-19(29)27-12-2-4-13(5-3-12)30-14-6-8-16(25)17(26)10-14/h1-10H,25-26H2,(H2,27,28,29). The molecule has 0 heterocycles. The molecule has 0 atom stereocenters. The van der Waals surface area contributed by atoms with Crippen molar-refractivity contribution in [1.82, 2.24) is 0 Å². The number of nitrogen functional groups attached to an aromatic ring is 2. The minimum Gasteiger partial charge on any atom is -0.457 e. The van der Waals surface area contributed by atoms with Gasteiger partial charge in [-0.2, -0.15) is 13.2 Å². The number of nitrogens with two attached hydrogens (primary N) is 2. The van der Waals surface area contributed by atoms with Crippen LogP contribution in [0, 0.1) is 5.82 Å². The highest BCUT2D eigenvalue weighted by Crippen LogP contribution is 2.32. The molecule has 3 aromatic rings. The fraction of sp³-hybridized carbons (Fsp3) is 0.0500. The number of alkyl halides is 3. The fourth-order valence-corrected chi connectivity index (χ4v) is 2.44. The maximum absolute atomic E-state index is 13.7. The fourth-order valence-electron chi connectivity index (χ4n) is 2.44. The number of hydrogen-bond donors (Lipinski definition) is 4. The molecule has 0 bridgehead atoms. The molecule has 0 saturated heterocycles. The number of urea groups is 1. The van der Waals surface area contributed by atoms with Crippen LogP contribution in [0.2, 0.25) is 0 Å². The lowest BCUT2D eigenvalue weighted by molar-refractivity contribution is -0.137. The molecule has 0 saturated carbocycles. The average molecular weight is 420 g/mol. The van der Waals surface area contributed by atoms with Crippen LogP contribution in [0.15, 0.2) is 60.7 Å². The van der Waals surface area contributed by atoms with Crippen LogP contribution in [0.4, 0.5) is 45.1 Å². The first-order valence-corrected chi connectivity index (χ1v) is 8.49. The number of rotatable bonds is 4. The summed E-state index contributed by atoms with van der Waals surface area (Å²) in [6, 6.07) is 11.7. The molecule has 0 radical (unpaired) electrons. The summed E-state index contributed by atoms with van der Waals surface area (Å²) in [6.45, 7) is 0. The third-order valence-corrected chi connectivity index (χ3v) is 3.95. The van der Waals surface area contributed by atoms with E-state index in [-0.39, 0.29) is 0 Å². The largest absolute Gasteiger partial charge is 0.457 e. The number of ether oxygens (including phenoxy) is 1. The molecule has 0 aliphatic heterocycles. The number of carbonyl (C=O) groups is 1. The molecule has 2 amide bonds. The Labute approximate surface area is 168 Å². The van der Waals surface area contributed by atoms with Gasteiger partial charge in [-0.1, -0.05) is 0 Å². The summed E-state index contributed by atoms with van der Waals surface area (Å²) in [6.07, 6.45) is -4.66. The summed E-state index contributed by atoms with van der Waals surface area (Å²) in [5.41, 5.74) is 10.8. The molecular weight excluding hydrogens is 404 g/mol. The molecule has 6 nitrogen and oxygen atoms in total. The Bertz CT molecular complexity index is 1070. The number of anilines is 4. The number of benzene rings is 3.